The molecule has 6 heteroatoms. The van der Waals surface area contributed by atoms with Crippen molar-refractivity contribution in [3.63, 3.8) is 0 Å². The highest BCUT2D eigenvalue weighted by atomic mass is 19.4. The molecule has 0 radical (unpaired) electrons. The molecular weight excluding hydrogens is 271 g/mol. The molecule has 5 atom stereocenters. The van der Waals surface area contributed by atoms with E-state index >= 15 is 0 Å². The number of nitrogens with zero attached hydrogens (tertiary/aromatic N) is 1. The summed E-state index contributed by atoms with van der Waals surface area (Å²) in [6.07, 6.45) is -3.46. The van der Waals surface area contributed by atoms with Gasteiger partial charge >= 0.3 is 12.1 Å². The fourth-order valence-corrected chi connectivity index (χ4v) is 3.25. The largest absolute Gasteiger partial charge is 0.461 e. The lowest BCUT2D eigenvalue weighted by Crippen LogP contribution is -2.45. The van der Waals surface area contributed by atoms with Gasteiger partial charge in [0.2, 0.25) is 0 Å². The van der Waals surface area contributed by atoms with Crippen LogP contribution in [0.2, 0.25) is 0 Å². The number of nitriles is 1. The third-order valence-electron chi connectivity index (χ3n) is 5.00. The van der Waals surface area contributed by atoms with Crippen LogP contribution >= 0.6 is 0 Å². The van der Waals surface area contributed by atoms with Gasteiger partial charge in [-0.15, -0.1) is 0 Å². The molecule has 0 saturated heterocycles. The van der Waals surface area contributed by atoms with Gasteiger partial charge in [-0.25, -0.2) is 0 Å². The summed E-state index contributed by atoms with van der Waals surface area (Å²) in [5.74, 6) is -1.00. The molecular formula is C14H18F3NO2. The Hall–Kier alpha value is -1.25. The molecule has 112 valence electrons. The molecule has 0 N–H and O–H groups in total. The summed E-state index contributed by atoms with van der Waals surface area (Å²) in [5, 5.41) is 8.92. The van der Waals surface area contributed by atoms with Crippen molar-refractivity contribution in [2.45, 2.75) is 51.8 Å². The van der Waals surface area contributed by atoms with Gasteiger partial charge in [0, 0.05) is 5.92 Å². The highest BCUT2D eigenvalue weighted by Gasteiger charge is 2.58. The molecule has 0 heterocycles. The Kier molecular flexibility index (Phi) is 3.74. The Morgan fingerprint density at radius 3 is 2.35 bits per heavy atom. The molecule has 2 rings (SSSR count). The van der Waals surface area contributed by atoms with Crippen LogP contribution in [-0.2, 0) is 9.53 Å². The third-order valence-corrected chi connectivity index (χ3v) is 5.00. The van der Waals surface area contributed by atoms with Gasteiger partial charge in [-0.2, -0.15) is 18.4 Å². The number of hydrogen-bond acceptors (Lipinski definition) is 3. The lowest BCUT2D eigenvalue weighted by molar-refractivity contribution is -0.234. The van der Waals surface area contributed by atoms with Crippen molar-refractivity contribution in [2.75, 3.05) is 0 Å². The average Bonchev–Trinajstić information content (AvgIpc) is 2.95. The third kappa shape index (κ3) is 2.27. The second-order valence-corrected chi connectivity index (χ2v) is 6.09. The van der Waals surface area contributed by atoms with Gasteiger partial charge in [0.05, 0.1) is 6.07 Å². The zero-order valence-electron chi connectivity index (χ0n) is 11.5. The van der Waals surface area contributed by atoms with Crippen molar-refractivity contribution < 1.29 is 22.7 Å². The summed E-state index contributed by atoms with van der Waals surface area (Å²) in [6, 6.07) is 2.21. The number of fused-ring (bicyclic) bond motifs is 2. The van der Waals surface area contributed by atoms with E-state index in [1.54, 1.807) is 0 Å². The molecule has 2 saturated carbocycles. The fourth-order valence-electron chi connectivity index (χ4n) is 3.25. The first-order valence-corrected chi connectivity index (χ1v) is 6.90. The number of carbonyl (C=O) groups is 1. The van der Waals surface area contributed by atoms with Gasteiger partial charge in [-0.05, 0) is 44.4 Å². The summed E-state index contributed by atoms with van der Waals surface area (Å²) in [7, 11) is 0. The molecule has 0 amide bonds. The summed E-state index contributed by atoms with van der Waals surface area (Å²) in [4.78, 5) is 11.9. The Labute approximate surface area is 116 Å². The van der Waals surface area contributed by atoms with Crippen LogP contribution in [0.15, 0.2) is 0 Å². The minimum Gasteiger partial charge on any atom is -0.461 e. The van der Waals surface area contributed by atoms with Gasteiger partial charge in [0.15, 0.2) is 5.41 Å². The first-order chi connectivity index (χ1) is 9.22. The lowest BCUT2D eigenvalue weighted by atomic mass is 9.85. The van der Waals surface area contributed by atoms with Crippen molar-refractivity contribution >= 4 is 5.97 Å². The lowest BCUT2D eigenvalue weighted by Gasteiger charge is -2.32. The number of halogens is 3. The molecule has 20 heavy (non-hydrogen) atoms. The van der Waals surface area contributed by atoms with Crippen molar-refractivity contribution in [2.24, 2.45) is 23.2 Å². The molecule has 0 spiro atoms. The molecule has 2 bridgehead atoms. The number of alkyl halides is 3. The first kappa shape index (κ1) is 15.1. The SMILES string of the molecule is CCC(C)(C(=O)OC1CC2CC1CC2C#N)C(F)(F)F. The number of ether oxygens (including phenoxy) is 1. The molecule has 0 aliphatic heterocycles. The number of hydrogen-bond donors (Lipinski definition) is 0. The molecule has 0 aromatic rings. The smallest absolute Gasteiger partial charge is 0.404 e. The summed E-state index contributed by atoms with van der Waals surface area (Å²) in [6.45, 7) is 2.22. The van der Waals surface area contributed by atoms with Crippen LogP contribution in [0.3, 0.4) is 0 Å². The van der Waals surface area contributed by atoms with Gasteiger partial charge < -0.3 is 4.74 Å². The van der Waals surface area contributed by atoms with Crippen LogP contribution in [0, 0.1) is 34.5 Å². The second kappa shape index (κ2) is 4.94. The number of rotatable bonds is 3. The molecule has 2 fully saturated rings. The van der Waals surface area contributed by atoms with E-state index in [1.165, 1.54) is 6.92 Å². The van der Waals surface area contributed by atoms with Gasteiger partial charge in [0.25, 0.3) is 0 Å². The monoisotopic (exact) mass is 289 g/mol. The average molecular weight is 289 g/mol. The fraction of sp³-hybridized carbons (Fsp3) is 0.857. The Balaban J connectivity index is 2.02. The van der Waals surface area contributed by atoms with Crippen molar-refractivity contribution in [1.82, 2.24) is 0 Å². The number of carbonyl (C=O) groups excluding carboxylic acids is 1. The van der Waals surface area contributed by atoms with Crippen molar-refractivity contribution in [1.29, 1.82) is 5.26 Å². The van der Waals surface area contributed by atoms with Gasteiger partial charge in [0.1, 0.15) is 6.10 Å². The van der Waals surface area contributed by atoms with E-state index in [9.17, 15) is 18.0 Å². The molecule has 3 nitrogen and oxygen atoms in total. The predicted molar refractivity (Wildman–Crippen MR) is 64.3 cm³/mol. The zero-order valence-corrected chi connectivity index (χ0v) is 11.5. The van der Waals surface area contributed by atoms with E-state index in [1.807, 2.05) is 0 Å². The molecule has 0 aromatic carbocycles. The second-order valence-electron chi connectivity index (χ2n) is 6.09. The van der Waals surface area contributed by atoms with Crippen LogP contribution in [0.25, 0.3) is 0 Å². The number of esters is 1. The van der Waals surface area contributed by atoms with Gasteiger partial charge in [-0.3, -0.25) is 4.79 Å². The van der Waals surface area contributed by atoms with E-state index in [2.05, 4.69) is 6.07 Å². The summed E-state index contributed by atoms with van der Waals surface area (Å²) >= 11 is 0. The van der Waals surface area contributed by atoms with E-state index in [-0.39, 0.29) is 24.2 Å². The maximum Gasteiger partial charge on any atom is 0.404 e. The zero-order chi connectivity index (χ0) is 15.1. The normalized spacial score (nSPS) is 35.4. The highest BCUT2D eigenvalue weighted by Crippen LogP contribution is 2.50. The van der Waals surface area contributed by atoms with Crippen LogP contribution in [0.1, 0.15) is 39.5 Å². The molecule has 5 unspecified atom stereocenters. The molecule has 2 aliphatic carbocycles. The van der Waals surface area contributed by atoms with Crippen molar-refractivity contribution in [3.05, 3.63) is 0 Å². The van der Waals surface area contributed by atoms with Crippen LogP contribution in [-0.4, -0.2) is 18.2 Å². The van der Waals surface area contributed by atoms with E-state index < -0.39 is 23.7 Å². The minimum absolute atomic E-state index is 0.0323. The Morgan fingerprint density at radius 1 is 1.30 bits per heavy atom. The highest BCUT2D eigenvalue weighted by molar-refractivity contribution is 5.77. The van der Waals surface area contributed by atoms with E-state index in [4.69, 9.17) is 10.00 Å². The Bertz CT molecular complexity index is 443. The van der Waals surface area contributed by atoms with Crippen LogP contribution in [0.4, 0.5) is 13.2 Å². The maximum absolute atomic E-state index is 13.0. The molecule has 0 aromatic heterocycles. The summed E-state index contributed by atoms with van der Waals surface area (Å²) in [5.41, 5.74) is -2.44. The first-order valence-electron chi connectivity index (χ1n) is 6.90. The predicted octanol–water partition coefficient (Wildman–Crippen LogP) is 3.45. The van der Waals surface area contributed by atoms with E-state index in [0.29, 0.717) is 12.8 Å². The van der Waals surface area contributed by atoms with Gasteiger partial charge in [-0.1, -0.05) is 6.92 Å². The van der Waals surface area contributed by atoms with Crippen LogP contribution in [0.5, 0.6) is 0 Å². The quantitative estimate of drug-likeness (QED) is 0.748. The standard InChI is InChI=1S/C14H18F3NO2/c1-3-13(2,14(15,16)17)12(19)20-11-6-8-4-9(11)5-10(8)7-18/h8-11H,3-6H2,1-2H3. The summed E-state index contributed by atoms with van der Waals surface area (Å²) < 4.78 is 44.1. The topological polar surface area (TPSA) is 50.1 Å². The van der Waals surface area contributed by atoms with Crippen molar-refractivity contribution in [3.8, 4) is 6.07 Å². The van der Waals surface area contributed by atoms with Crippen LogP contribution < -0.4 is 0 Å². The maximum atomic E-state index is 13.0. The van der Waals surface area contributed by atoms with E-state index in [0.717, 1.165) is 13.3 Å². The Morgan fingerprint density at radius 2 is 1.95 bits per heavy atom. The molecule has 2 aliphatic rings. The minimum atomic E-state index is -4.61.